The molecule has 0 atom stereocenters. The van der Waals surface area contributed by atoms with E-state index in [1.165, 1.54) is 22.7 Å². The second kappa shape index (κ2) is 12.1. The van der Waals surface area contributed by atoms with Gasteiger partial charge in [0.2, 0.25) is 0 Å². The molecule has 1 aliphatic carbocycles. The summed E-state index contributed by atoms with van der Waals surface area (Å²) in [7, 11) is 0. The third kappa shape index (κ3) is 5.74. The first-order valence-electron chi connectivity index (χ1n) is 15.1. The van der Waals surface area contributed by atoms with E-state index in [1.807, 2.05) is 59.2 Å². The van der Waals surface area contributed by atoms with Crippen molar-refractivity contribution in [1.29, 1.82) is 0 Å². The molecule has 0 aliphatic heterocycles. The molecule has 1 saturated carbocycles. The Kier molecular flexibility index (Phi) is 7.64. The number of phenolic OH excluding ortho intramolecular Hbond substituents is 2. The van der Waals surface area contributed by atoms with Crippen LogP contribution in [0.25, 0.3) is 52.6 Å². The molecule has 0 unspecified atom stereocenters. The molecule has 13 heteroatoms. The number of nitrogens with one attached hydrogen (secondary N) is 1. The number of imidazole rings is 2. The highest BCUT2D eigenvalue weighted by Gasteiger charge is 2.20. The fourth-order valence-electron chi connectivity index (χ4n) is 5.91. The predicted molar refractivity (Wildman–Crippen MR) is 188 cm³/mol. The van der Waals surface area contributed by atoms with Gasteiger partial charge in [-0.25, -0.2) is 19.0 Å². The van der Waals surface area contributed by atoms with E-state index in [-0.39, 0.29) is 6.10 Å². The van der Waals surface area contributed by atoms with Crippen LogP contribution < -0.4 is 5.32 Å². The molecular weight excluding hydrogens is 654 g/mol. The molecule has 47 heavy (non-hydrogen) atoms. The standard InChI is InChI=1S/C20H20N4O2S.C14H8ClN3OS/c25-14-6-4-13(5-7-14)22-18-8-9-19-21-11-15(24(19)23-18)17-10-12-2-1-3-16(26)20(12)27-17;15-12-4-5-13-16-7-9(18(13)17-12)11-6-8-2-1-3-10(19)14(8)20-11/h1-3,8-11,13-14,25-26H,4-7H2,(H,22,23);1-7,19H. The number of anilines is 1. The number of aromatic nitrogens is 6. The van der Waals surface area contributed by atoms with Crippen molar-refractivity contribution in [2.24, 2.45) is 0 Å². The summed E-state index contributed by atoms with van der Waals surface area (Å²) in [5, 5.41) is 44.6. The highest BCUT2D eigenvalue weighted by atomic mass is 35.5. The lowest BCUT2D eigenvalue weighted by atomic mass is 9.93. The molecule has 0 radical (unpaired) electrons. The Bertz CT molecular complexity index is 2390. The molecule has 0 spiro atoms. The summed E-state index contributed by atoms with van der Waals surface area (Å²) >= 11 is 8.99. The summed E-state index contributed by atoms with van der Waals surface area (Å²) in [6, 6.07) is 22.9. The summed E-state index contributed by atoms with van der Waals surface area (Å²) in [6.45, 7) is 0. The zero-order valence-electron chi connectivity index (χ0n) is 24.8. The predicted octanol–water partition coefficient (Wildman–Crippen LogP) is 8.00. The number of aromatic hydroxyl groups is 2. The molecule has 9 rings (SSSR count). The molecule has 2 aromatic carbocycles. The molecule has 6 heterocycles. The molecule has 1 fully saturated rings. The van der Waals surface area contributed by atoms with Gasteiger partial charge in [-0.05, 0) is 85.0 Å². The Hall–Kier alpha value is -4.75. The van der Waals surface area contributed by atoms with Gasteiger partial charge in [0.05, 0.1) is 37.7 Å². The van der Waals surface area contributed by atoms with Gasteiger partial charge in [0.25, 0.3) is 0 Å². The van der Waals surface area contributed by atoms with Crippen molar-refractivity contribution in [1.82, 2.24) is 29.2 Å². The van der Waals surface area contributed by atoms with Gasteiger partial charge in [-0.3, -0.25) is 0 Å². The highest BCUT2D eigenvalue weighted by molar-refractivity contribution is 7.23. The van der Waals surface area contributed by atoms with E-state index >= 15 is 0 Å². The first-order chi connectivity index (χ1) is 22.9. The maximum absolute atomic E-state index is 10.1. The molecule has 10 nitrogen and oxygen atoms in total. The maximum atomic E-state index is 10.1. The molecule has 4 N–H and O–H groups in total. The third-order valence-corrected chi connectivity index (χ3v) is 10.9. The Morgan fingerprint density at radius 1 is 0.702 bits per heavy atom. The topological polar surface area (TPSA) is 133 Å². The summed E-state index contributed by atoms with van der Waals surface area (Å²) in [4.78, 5) is 10.8. The molecule has 0 saturated heterocycles. The minimum atomic E-state index is -0.164. The summed E-state index contributed by atoms with van der Waals surface area (Å²) in [6.07, 6.45) is 7.00. The number of rotatable bonds is 4. The van der Waals surface area contributed by atoms with Crippen LogP contribution in [0, 0.1) is 0 Å². The minimum Gasteiger partial charge on any atom is -0.506 e. The Morgan fingerprint density at radius 3 is 1.83 bits per heavy atom. The van der Waals surface area contributed by atoms with Crippen LogP contribution in [0.1, 0.15) is 25.7 Å². The van der Waals surface area contributed by atoms with Crippen LogP contribution in [0.2, 0.25) is 5.15 Å². The molecule has 8 aromatic rings. The largest absolute Gasteiger partial charge is 0.506 e. The SMILES string of the molecule is Oc1cccc2cc(-c3cnc4ccc(Cl)nn34)sc12.Oc1cccc2cc(-c3cnc4ccc(NC5CCC(O)CC5)nn34)sc12. The van der Waals surface area contributed by atoms with Gasteiger partial charge >= 0.3 is 0 Å². The quantitative estimate of drug-likeness (QED) is 0.147. The third-order valence-electron chi connectivity index (χ3n) is 8.29. The molecular formula is C34H28ClN7O3S2. The number of aliphatic hydroxyl groups is 1. The number of nitrogens with zero attached hydrogens (tertiary/aromatic N) is 6. The van der Waals surface area contributed by atoms with Gasteiger partial charge in [-0.15, -0.1) is 27.8 Å². The van der Waals surface area contributed by atoms with Crippen molar-refractivity contribution in [3.05, 3.63) is 90.3 Å². The summed E-state index contributed by atoms with van der Waals surface area (Å²) in [5.41, 5.74) is 3.30. The average Bonchev–Trinajstić information content (AvgIpc) is 3.87. The molecule has 6 aromatic heterocycles. The van der Waals surface area contributed by atoms with E-state index in [4.69, 9.17) is 16.7 Å². The van der Waals surface area contributed by atoms with Crippen LogP contribution >= 0.6 is 34.3 Å². The summed E-state index contributed by atoms with van der Waals surface area (Å²) < 4.78 is 5.29. The number of halogens is 1. The first kappa shape index (κ1) is 29.6. The number of benzene rings is 2. The van der Waals surface area contributed by atoms with Crippen LogP contribution in [-0.2, 0) is 0 Å². The van der Waals surface area contributed by atoms with Gasteiger partial charge < -0.3 is 20.6 Å². The fraction of sp³-hybridized carbons (Fsp3) is 0.176. The molecule has 1 aliphatic rings. The van der Waals surface area contributed by atoms with Crippen LogP contribution in [0.3, 0.4) is 0 Å². The lowest BCUT2D eigenvalue weighted by Crippen LogP contribution is -2.28. The second-order valence-corrected chi connectivity index (χ2v) is 14.0. The zero-order chi connectivity index (χ0) is 32.1. The van der Waals surface area contributed by atoms with Crippen molar-refractivity contribution in [2.75, 3.05) is 5.32 Å². The van der Waals surface area contributed by atoms with E-state index in [1.54, 1.807) is 28.9 Å². The average molecular weight is 682 g/mol. The van der Waals surface area contributed by atoms with Crippen molar-refractivity contribution in [2.45, 2.75) is 37.8 Å². The number of phenols is 2. The van der Waals surface area contributed by atoms with Crippen molar-refractivity contribution >= 4 is 71.6 Å². The normalized spacial score (nSPS) is 16.6. The smallest absolute Gasteiger partial charge is 0.154 e. The zero-order valence-corrected chi connectivity index (χ0v) is 27.2. The van der Waals surface area contributed by atoms with Crippen molar-refractivity contribution < 1.29 is 15.3 Å². The van der Waals surface area contributed by atoms with E-state index in [9.17, 15) is 15.3 Å². The lowest BCUT2D eigenvalue weighted by molar-refractivity contribution is 0.126. The first-order valence-corrected chi connectivity index (χ1v) is 17.1. The van der Waals surface area contributed by atoms with Crippen LogP contribution in [0.15, 0.2) is 85.2 Å². The minimum absolute atomic E-state index is 0.164. The Labute approximate surface area is 281 Å². The lowest BCUT2D eigenvalue weighted by Gasteiger charge is -2.26. The van der Waals surface area contributed by atoms with Crippen LogP contribution in [-0.4, -0.2) is 56.7 Å². The van der Waals surface area contributed by atoms with Gasteiger partial charge in [-0.2, -0.15) is 5.10 Å². The number of fused-ring (bicyclic) bond motifs is 4. The van der Waals surface area contributed by atoms with E-state index in [0.717, 1.165) is 84.1 Å². The number of hydrogen-bond acceptors (Lipinski definition) is 10. The van der Waals surface area contributed by atoms with Gasteiger partial charge in [0.15, 0.2) is 11.3 Å². The maximum Gasteiger partial charge on any atom is 0.154 e. The second-order valence-electron chi connectivity index (χ2n) is 11.5. The number of aliphatic hydroxyl groups excluding tert-OH is 1. The molecule has 0 amide bonds. The van der Waals surface area contributed by atoms with Crippen molar-refractivity contribution in [3.63, 3.8) is 0 Å². The van der Waals surface area contributed by atoms with Crippen LogP contribution in [0.4, 0.5) is 5.82 Å². The number of thiophene rings is 2. The molecule has 236 valence electrons. The van der Waals surface area contributed by atoms with Crippen LogP contribution in [0.5, 0.6) is 11.5 Å². The van der Waals surface area contributed by atoms with Gasteiger partial charge in [0, 0.05) is 6.04 Å². The number of hydrogen-bond donors (Lipinski definition) is 4. The molecule has 0 bridgehead atoms. The monoisotopic (exact) mass is 681 g/mol. The Balaban J connectivity index is 0.000000144. The van der Waals surface area contributed by atoms with E-state index < -0.39 is 0 Å². The fourth-order valence-corrected chi connectivity index (χ4v) is 8.19. The highest BCUT2D eigenvalue weighted by Crippen LogP contribution is 2.39. The van der Waals surface area contributed by atoms with Crippen molar-refractivity contribution in [3.8, 4) is 32.6 Å². The van der Waals surface area contributed by atoms with E-state index in [0.29, 0.717) is 22.7 Å². The Morgan fingerprint density at radius 2 is 1.26 bits per heavy atom. The van der Waals surface area contributed by atoms with Gasteiger partial charge in [0.1, 0.15) is 33.9 Å². The summed E-state index contributed by atoms with van der Waals surface area (Å²) in [5.74, 6) is 1.40. The van der Waals surface area contributed by atoms with E-state index in [2.05, 4.69) is 26.4 Å². The van der Waals surface area contributed by atoms with Gasteiger partial charge in [-0.1, -0.05) is 35.9 Å².